The van der Waals surface area contributed by atoms with Gasteiger partial charge in [-0.2, -0.15) is 0 Å². The molecule has 0 unspecified atom stereocenters. The van der Waals surface area contributed by atoms with E-state index in [0.717, 1.165) is 10.5 Å². The second-order valence-electron chi connectivity index (χ2n) is 6.88. The maximum Gasteiger partial charge on any atom is 0.303 e. The lowest BCUT2D eigenvalue weighted by Crippen LogP contribution is -2.31. The van der Waals surface area contributed by atoms with E-state index in [4.69, 9.17) is 5.11 Å². The smallest absolute Gasteiger partial charge is 0.303 e. The van der Waals surface area contributed by atoms with Crippen molar-refractivity contribution in [3.63, 3.8) is 0 Å². The standard InChI is InChI=1S/C22H20FNO5/c1-13-8-10-14(11-9-13)20(27)18-19(15-5-2-3-6-16(15)23)24(22(29)21(18)28)12-4-7-17(25)26/h2-3,5-6,8-11,19,27H,4,7,12H2,1H3,(H,25,26)/b20-18+/t19-/m1/s1. The Morgan fingerprint density at radius 2 is 1.72 bits per heavy atom. The Kier molecular flexibility index (Phi) is 5.77. The molecule has 0 radical (unpaired) electrons. The first-order valence-electron chi connectivity index (χ1n) is 9.13. The van der Waals surface area contributed by atoms with Crippen LogP contribution in [0.2, 0.25) is 0 Å². The SMILES string of the molecule is Cc1ccc(/C(O)=C2\C(=O)C(=O)N(CCCC(=O)O)[C@@H]2c2ccccc2F)cc1. The largest absolute Gasteiger partial charge is 0.507 e. The van der Waals surface area contributed by atoms with Crippen molar-refractivity contribution in [1.82, 2.24) is 4.90 Å². The Bertz CT molecular complexity index is 997. The van der Waals surface area contributed by atoms with E-state index in [2.05, 4.69) is 0 Å². The van der Waals surface area contributed by atoms with Crippen molar-refractivity contribution >= 4 is 23.4 Å². The zero-order valence-electron chi connectivity index (χ0n) is 15.8. The Morgan fingerprint density at radius 1 is 1.07 bits per heavy atom. The molecule has 0 aliphatic carbocycles. The summed E-state index contributed by atoms with van der Waals surface area (Å²) in [5.41, 5.74) is 1.14. The summed E-state index contributed by atoms with van der Waals surface area (Å²) in [6.45, 7) is 1.81. The number of amides is 1. The highest BCUT2D eigenvalue weighted by molar-refractivity contribution is 6.46. The molecule has 2 aromatic carbocycles. The highest BCUT2D eigenvalue weighted by atomic mass is 19.1. The third-order valence-corrected chi connectivity index (χ3v) is 4.85. The van der Waals surface area contributed by atoms with E-state index in [9.17, 15) is 23.9 Å². The van der Waals surface area contributed by atoms with Crippen molar-refractivity contribution in [1.29, 1.82) is 0 Å². The molecule has 7 heteroatoms. The van der Waals surface area contributed by atoms with Crippen molar-refractivity contribution in [3.8, 4) is 0 Å². The Morgan fingerprint density at radius 3 is 2.34 bits per heavy atom. The van der Waals surface area contributed by atoms with E-state index in [1.807, 2.05) is 6.92 Å². The molecule has 1 amide bonds. The van der Waals surface area contributed by atoms with Gasteiger partial charge in [0.2, 0.25) is 0 Å². The summed E-state index contributed by atoms with van der Waals surface area (Å²) >= 11 is 0. The maximum atomic E-state index is 14.6. The lowest BCUT2D eigenvalue weighted by Gasteiger charge is -2.25. The fourth-order valence-corrected chi connectivity index (χ4v) is 3.40. The van der Waals surface area contributed by atoms with Crippen LogP contribution in [0.1, 0.15) is 35.6 Å². The van der Waals surface area contributed by atoms with E-state index < -0.39 is 35.3 Å². The zero-order valence-corrected chi connectivity index (χ0v) is 15.8. The van der Waals surface area contributed by atoms with Crippen molar-refractivity contribution in [2.24, 2.45) is 0 Å². The summed E-state index contributed by atoms with van der Waals surface area (Å²) in [6.07, 6.45) is -0.108. The zero-order chi connectivity index (χ0) is 21.1. The van der Waals surface area contributed by atoms with Crippen LogP contribution in [0.4, 0.5) is 4.39 Å². The minimum atomic E-state index is -1.13. The van der Waals surface area contributed by atoms with Crippen LogP contribution in [0.3, 0.4) is 0 Å². The predicted molar refractivity (Wildman–Crippen MR) is 103 cm³/mol. The molecule has 0 spiro atoms. The number of aliphatic hydroxyl groups excluding tert-OH is 1. The van der Waals surface area contributed by atoms with Crippen LogP contribution < -0.4 is 0 Å². The highest BCUT2D eigenvalue weighted by Crippen LogP contribution is 2.40. The van der Waals surface area contributed by atoms with Gasteiger partial charge in [-0.05, 0) is 19.4 Å². The summed E-state index contributed by atoms with van der Waals surface area (Å²) in [7, 11) is 0. The first kappa shape index (κ1) is 20.3. The third kappa shape index (κ3) is 4.03. The summed E-state index contributed by atoms with van der Waals surface area (Å²) in [5, 5.41) is 19.7. The molecule has 29 heavy (non-hydrogen) atoms. The first-order valence-corrected chi connectivity index (χ1v) is 9.13. The minimum Gasteiger partial charge on any atom is -0.507 e. The number of carbonyl (C=O) groups is 3. The van der Waals surface area contributed by atoms with E-state index in [-0.39, 0.29) is 30.5 Å². The normalized spacial score (nSPS) is 18.3. The van der Waals surface area contributed by atoms with E-state index in [0.29, 0.717) is 5.56 Å². The fourth-order valence-electron chi connectivity index (χ4n) is 3.40. The molecule has 0 saturated carbocycles. The lowest BCUT2D eigenvalue weighted by molar-refractivity contribution is -0.140. The van der Waals surface area contributed by atoms with Crippen LogP contribution in [0.25, 0.3) is 5.76 Å². The number of hydrogen-bond acceptors (Lipinski definition) is 4. The minimum absolute atomic E-state index is 0.0550. The molecule has 0 bridgehead atoms. The van der Waals surface area contributed by atoms with Crippen molar-refractivity contribution < 1.29 is 29.0 Å². The molecule has 3 rings (SSSR count). The fraction of sp³-hybridized carbons (Fsp3) is 0.227. The summed E-state index contributed by atoms with van der Waals surface area (Å²) < 4.78 is 14.6. The van der Waals surface area contributed by atoms with Crippen LogP contribution >= 0.6 is 0 Å². The predicted octanol–water partition coefficient (Wildman–Crippen LogP) is 3.42. The average molecular weight is 397 g/mol. The molecule has 1 fully saturated rings. The van der Waals surface area contributed by atoms with Gasteiger partial charge in [0.05, 0.1) is 11.6 Å². The lowest BCUT2D eigenvalue weighted by atomic mass is 9.94. The number of benzene rings is 2. The van der Waals surface area contributed by atoms with Gasteiger partial charge in [-0.1, -0.05) is 48.0 Å². The van der Waals surface area contributed by atoms with Crippen LogP contribution in [-0.2, 0) is 14.4 Å². The first-order chi connectivity index (χ1) is 13.8. The molecule has 1 saturated heterocycles. The van der Waals surface area contributed by atoms with Gasteiger partial charge >= 0.3 is 5.97 Å². The summed E-state index contributed by atoms with van der Waals surface area (Å²) in [4.78, 5) is 37.3. The Hall–Kier alpha value is -3.48. The van der Waals surface area contributed by atoms with Crippen LogP contribution in [-0.4, -0.2) is 39.3 Å². The van der Waals surface area contributed by atoms with Crippen molar-refractivity contribution in [2.75, 3.05) is 6.54 Å². The Balaban J connectivity index is 2.12. The van der Waals surface area contributed by atoms with Gasteiger partial charge in [-0.3, -0.25) is 14.4 Å². The Labute approximate surface area is 166 Å². The van der Waals surface area contributed by atoms with Gasteiger partial charge in [0, 0.05) is 24.1 Å². The number of carboxylic acids is 1. The van der Waals surface area contributed by atoms with Gasteiger partial charge in [-0.15, -0.1) is 0 Å². The number of ketones is 1. The molecule has 1 heterocycles. The number of nitrogens with zero attached hydrogens (tertiary/aromatic N) is 1. The molecular weight excluding hydrogens is 377 g/mol. The molecule has 1 atom stereocenters. The highest BCUT2D eigenvalue weighted by Gasteiger charge is 2.46. The van der Waals surface area contributed by atoms with Gasteiger partial charge in [0.25, 0.3) is 11.7 Å². The number of halogens is 1. The van der Waals surface area contributed by atoms with Gasteiger partial charge in [0.1, 0.15) is 11.6 Å². The van der Waals surface area contributed by atoms with Crippen molar-refractivity contribution in [3.05, 3.63) is 76.6 Å². The average Bonchev–Trinajstić information content (AvgIpc) is 2.93. The van der Waals surface area contributed by atoms with Gasteiger partial charge in [0.15, 0.2) is 0 Å². The van der Waals surface area contributed by atoms with Crippen molar-refractivity contribution in [2.45, 2.75) is 25.8 Å². The second-order valence-corrected chi connectivity index (χ2v) is 6.88. The number of Topliss-reactive ketones (excluding diaryl/α,β-unsaturated/α-hetero) is 1. The topological polar surface area (TPSA) is 94.9 Å². The van der Waals surface area contributed by atoms with Crippen LogP contribution in [0.5, 0.6) is 0 Å². The number of aliphatic hydroxyl groups is 1. The van der Waals surface area contributed by atoms with E-state index in [1.165, 1.54) is 18.2 Å². The number of carbonyl (C=O) groups excluding carboxylic acids is 2. The van der Waals surface area contributed by atoms with Gasteiger partial charge < -0.3 is 15.1 Å². The molecule has 2 N–H and O–H groups in total. The molecule has 2 aromatic rings. The molecule has 0 aromatic heterocycles. The number of carboxylic acid groups (broad SMARTS) is 1. The molecule has 150 valence electrons. The van der Waals surface area contributed by atoms with Crippen LogP contribution in [0, 0.1) is 12.7 Å². The number of hydrogen-bond donors (Lipinski definition) is 2. The number of aryl methyl sites for hydroxylation is 1. The van der Waals surface area contributed by atoms with Gasteiger partial charge in [-0.25, -0.2) is 4.39 Å². The summed E-state index contributed by atoms with van der Waals surface area (Å²) in [5.74, 6) is -3.87. The quantitative estimate of drug-likeness (QED) is 0.442. The van der Waals surface area contributed by atoms with Crippen LogP contribution in [0.15, 0.2) is 54.1 Å². The summed E-state index contributed by atoms with van der Waals surface area (Å²) in [6, 6.07) is 11.3. The molecule has 6 nitrogen and oxygen atoms in total. The number of rotatable bonds is 6. The maximum absolute atomic E-state index is 14.6. The second kappa shape index (κ2) is 8.26. The number of likely N-dealkylation sites (tertiary alicyclic amines) is 1. The number of aliphatic carboxylic acids is 1. The molecule has 1 aliphatic rings. The molecular formula is C22H20FNO5. The third-order valence-electron chi connectivity index (χ3n) is 4.85. The van der Waals surface area contributed by atoms with E-state index in [1.54, 1.807) is 30.3 Å². The molecule has 1 aliphatic heterocycles. The van der Waals surface area contributed by atoms with E-state index >= 15 is 0 Å². The monoisotopic (exact) mass is 397 g/mol.